The van der Waals surface area contributed by atoms with Crippen LogP contribution in [0, 0.1) is 0 Å². The minimum Gasteiger partial charge on any atom is -0.313 e. The molecule has 1 aliphatic carbocycles. The van der Waals surface area contributed by atoms with Crippen LogP contribution in [0.3, 0.4) is 0 Å². The Morgan fingerprint density at radius 2 is 1.06 bits per heavy atom. The molecular weight excluding hydrogens is 394 g/mol. The SMILES string of the molecule is C1=C(c2ccc(-c3nnc(-c4ccc(C5=CCNCC5)cc4)n3C3CC3)cc2)CCNC1. The summed E-state index contributed by atoms with van der Waals surface area (Å²) in [6.45, 7) is 4.03. The van der Waals surface area contributed by atoms with E-state index in [1.807, 2.05) is 0 Å². The highest BCUT2D eigenvalue weighted by atomic mass is 15.3. The zero-order valence-electron chi connectivity index (χ0n) is 18.3. The van der Waals surface area contributed by atoms with Crippen molar-refractivity contribution in [1.82, 2.24) is 25.4 Å². The molecule has 2 N–H and O–H groups in total. The predicted molar refractivity (Wildman–Crippen MR) is 130 cm³/mol. The summed E-state index contributed by atoms with van der Waals surface area (Å²) in [4.78, 5) is 0. The molecular formula is C27H29N5. The Kier molecular flexibility index (Phi) is 5.21. The molecule has 162 valence electrons. The van der Waals surface area contributed by atoms with Crippen LogP contribution in [-0.4, -0.2) is 40.9 Å². The summed E-state index contributed by atoms with van der Waals surface area (Å²) in [5, 5.41) is 16.1. The van der Waals surface area contributed by atoms with Crippen LogP contribution in [0.4, 0.5) is 0 Å². The predicted octanol–water partition coefficient (Wildman–Crippen LogP) is 4.70. The number of aromatic nitrogens is 3. The molecule has 5 heteroatoms. The summed E-state index contributed by atoms with van der Waals surface area (Å²) in [5.74, 6) is 1.97. The second-order valence-electron chi connectivity index (χ2n) is 8.97. The van der Waals surface area contributed by atoms with Crippen molar-refractivity contribution < 1.29 is 0 Å². The van der Waals surface area contributed by atoms with E-state index in [2.05, 4.69) is 86.1 Å². The summed E-state index contributed by atoms with van der Waals surface area (Å²) >= 11 is 0. The molecule has 0 spiro atoms. The number of hydrogen-bond donors (Lipinski definition) is 2. The first-order valence-corrected chi connectivity index (χ1v) is 11.8. The third-order valence-corrected chi connectivity index (χ3v) is 6.76. The maximum absolute atomic E-state index is 4.65. The summed E-state index contributed by atoms with van der Waals surface area (Å²) in [7, 11) is 0. The molecule has 3 aromatic rings. The van der Waals surface area contributed by atoms with Crippen molar-refractivity contribution in [3.63, 3.8) is 0 Å². The largest absolute Gasteiger partial charge is 0.313 e. The molecule has 32 heavy (non-hydrogen) atoms. The Morgan fingerprint density at radius 3 is 1.44 bits per heavy atom. The number of hydrogen-bond acceptors (Lipinski definition) is 4. The third-order valence-electron chi connectivity index (χ3n) is 6.76. The van der Waals surface area contributed by atoms with E-state index in [-0.39, 0.29) is 0 Å². The lowest BCUT2D eigenvalue weighted by atomic mass is 9.99. The van der Waals surface area contributed by atoms with Gasteiger partial charge in [0.1, 0.15) is 0 Å². The zero-order chi connectivity index (χ0) is 21.3. The first-order valence-electron chi connectivity index (χ1n) is 11.8. The molecule has 0 bridgehead atoms. The highest BCUT2D eigenvalue weighted by Gasteiger charge is 2.30. The molecule has 0 radical (unpaired) electrons. The molecule has 0 amide bonds. The zero-order valence-corrected chi connectivity index (χ0v) is 18.3. The van der Waals surface area contributed by atoms with Crippen LogP contribution in [0.25, 0.3) is 33.9 Å². The van der Waals surface area contributed by atoms with Crippen molar-refractivity contribution in [2.45, 2.75) is 31.7 Å². The Balaban J connectivity index is 1.31. The average molecular weight is 424 g/mol. The molecule has 1 saturated carbocycles. The van der Waals surface area contributed by atoms with Gasteiger partial charge in [-0.15, -0.1) is 10.2 Å². The van der Waals surface area contributed by atoms with E-state index in [4.69, 9.17) is 0 Å². The Labute approximate surface area is 189 Å². The first kappa shape index (κ1) is 19.6. The van der Waals surface area contributed by atoms with Gasteiger partial charge in [0.15, 0.2) is 11.6 Å². The van der Waals surface area contributed by atoms with Crippen LogP contribution in [0.15, 0.2) is 60.7 Å². The van der Waals surface area contributed by atoms with Crippen molar-refractivity contribution in [2.75, 3.05) is 26.2 Å². The van der Waals surface area contributed by atoms with Gasteiger partial charge in [-0.25, -0.2) is 0 Å². The van der Waals surface area contributed by atoms with Crippen LogP contribution < -0.4 is 10.6 Å². The molecule has 2 aromatic carbocycles. The second-order valence-corrected chi connectivity index (χ2v) is 8.97. The van der Waals surface area contributed by atoms with Crippen LogP contribution in [0.2, 0.25) is 0 Å². The van der Waals surface area contributed by atoms with Gasteiger partial charge in [0, 0.05) is 30.3 Å². The van der Waals surface area contributed by atoms with Crippen molar-refractivity contribution >= 4 is 11.1 Å². The van der Waals surface area contributed by atoms with Crippen molar-refractivity contribution in [3.8, 4) is 22.8 Å². The fraction of sp³-hybridized carbons (Fsp3) is 0.333. The molecule has 0 unspecified atom stereocenters. The van der Waals surface area contributed by atoms with Gasteiger partial charge >= 0.3 is 0 Å². The van der Waals surface area contributed by atoms with E-state index in [1.54, 1.807) is 0 Å². The van der Waals surface area contributed by atoms with Crippen LogP contribution in [0.1, 0.15) is 42.9 Å². The van der Waals surface area contributed by atoms with Crippen molar-refractivity contribution in [3.05, 3.63) is 71.8 Å². The van der Waals surface area contributed by atoms with Crippen LogP contribution in [-0.2, 0) is 0 Å². The maximum Gasteiger partial charge on any atom is 0.164 e. The van der Waals surface area contributed by atoms with E-state index < -0.39 is 0 Å². The molecule has 1 fully saturated rings. The summed E-state index contributed by atoms with van der Waals surface area (Å²) < 4.78 is 2.36. The molecule has 2 aliphatic heterocycles. The van der Waals surface area contributed by atoms with E-state index in [9.17, 15) is 0 Å². The van der Waals surface area contributed by atoms with Crippen molar-refractivity contribution in [2.24, 2.45) is 0 Å². The average Bonchev–Trinajstić information content (AvgIpc) is 3.63. The number of nitrogens with one attached hydrogen (secondary N) is 2. The van der Waals surface area contributed by atoms with Crippen molar-refractivity contribution in [1.29, 1.82) is 0 Å². The van der Waals surface area contributed by atoms with Gasteiger partial charge in [0.25, 0.3) is 0 Å². The quantitative estimate of drug-likeness (QED) is 0.625. The summed E-state index contributed by atoms with van der Waals surface area (Å²) in [5.41, 5.74) is 7.79. The third kappa shape index (κ3) is 3.83. The number of rotatable bonds is 5. The van der Waals surface area contributed by atoms with Gasteiger partial charge in [-0.2, -0.15) is 0 Å². The minimum atomic E-state index is 0.508. The fourth-order valence-electron chi connectivity index (χ4n) is 4.80. The smallest absolute Gasteiger partial charge is 0.164 e. The fourth-order valence-corrected chi connectivity index (χ4v) is 4.80. The second kappa shape index (κ2) is 8.49. The summed E-state index contributed by atoms with van der Waals surface area (Å²) in [6, 6.07) is 18.3. The van der Waals surface area contributed by atoms with E-state index >= 15 is 0 Å². The molecule has 3 heterocycles. The highest BCUT2D eigenvalue weighted by molar-refractivity contribution is 5.72. The molecule has 1 aromatic heterocycles. The van der Waals surface area contributed by atoms with Gasteiger partial charge < -0.3 is 15.2 Å². The Bertz CT molecular complexity index is 1080. The molecule has 0 saturated heterocycles. The number of benzene rings is 2. The lowest BCUT2D eigenvalue weighted by Crippen LogP contribution is -2.19. The molecule has 5 nitrogen and oxygen atoms in total. The van der Waals surface area contributed by atoms with Gasteiger partial charge in [0.2, 0.25) is 0 Å². The molecule has 6 rings (SSSR count). The van der Waals surface area contributed by atoms with Crippen LogP contribution in [0.5, 0.6) is 0 Å². The Morgan fingerprint density at radius 1 is 0.625 bits per heavy atom. The van der Waals surface area contributed by atoms with Gasteiger partial charge in [0.05, 0.1) is 0 Å². The lowest BCUT2D eigenvalue weighted by Gasteiger charge is -2.15. The standard InChI is InChI=1S/C27H29N5/c1-5-23(6-2-19(1)21-11-15-28-16-12-21)26-30-31-27(32(26)25-9-10-25)24-7-3-20(4-8-24)22-13-17-29-18-14-22/h1-8,11,13,25,28-29H,9-10,12,14-18H2. The highest BCUT2D eigenvalue weighted by Crippen LogP contribution is 2.41. The molecule has 0 atom stereocenters. The monoisotopic (exact) mass is 423 g/mol. The Hall–Kier alpha value is -3.02. The van der Waals surface area contributed by atoms with E-state index in [0.29, 0.717) is 6.04 Å². The van der Waals surface area contributed by atoms with Gasteiger partial charge in [-0.1, -0.05) is 60.7 Å². The van der Waals surface area contributed by atoms with Crippen LogP contribution >= 0.6 is 0 Å². The summed E-state index contributed by atoms with van der Waals surface area (Å²) in [6.07, 6.45) is 9.18. The lowest BCUT2D eigenvalue weighted by molar-refractivity contribution is 0.738. The van der Waals surface area contributed by atoms with E-state index in [0.717, 1.165) is 61.8 Å². The normalized spacial score (nSPS) is 18.9. The number of nitrogens with zero attached hydrogens (tertiary/aromatic N) is 3. The molecule has 3 aliphatic rings. The topological polar surface area (TPSA) is 54.8 Å². The van der Waals surface area contributed by atoms with Gasteiger partial charge in [-0.05, 0) is 61.0 Å². The minimum absolute atomic E-state index is 0.508. The maximum atomic E-state index is 4.65. The van der Waals surface area contributed by atoms with Gasteiger partial charge in [-0.3, -0.25) is 0 Å². The van der Waals surface area contributed by atoms with E-state index in [1.165, 1.54) is 35.1 Å². The first-order chi connectivity index (χ1) is 15.9.